The third-order valence-electron chi connectivity index (χ3n) is 3.63. The number of unbranched alkanes of at least 4 members (excludes halogenated alkanes) is 2. The van der Waals surface area contributed by atoms with Crippen LogP contribution < -0.4 is 0 Å². The van der Waals surface area contributed by atoms with Crippen LogP contribution in [0.3, 0.4) is 0 Å². The van der Waals surface area contributed by atoms with E-state index in [1.807, 2.05) is 0 Å². The van der Waals surface area contributed by atoms with Crippen molar-refractivity contribution in [3.63, 3.8) is 0 Å². The van der Waals surface area contributed by atoms with Crippen molar-refractivity contribution < 1.29 is 4.79 Å². The second-order valence-corrected chi connectivity index (χ2v) is 5.25. The molecule has 0 amide bonds. The molecule has 2 heteroatoms. The van der Waals surface area contributed by atoms with Gasteiger partial charge in [0.15, 0.2) is 0 Å². The van der Waals surface area contributed by atoms with E-state index in [2.05, 4.69) is 18.9 Å². The van der Waals surface area contributed by atoms with Crippen molar-refractivity contribution in [1.82, 2.24) is 4.90 Å². The van der Waals surface area contributed by atoms with Crippen molar-refractivity contribution in [3.05, 3.63) is 0 Å². The summed E-state index contributed by atoms with van der Waals surface area (Å²) >= 11 is 0. The first-order valence-electron chi connectivity index (χ1n) is 6.95. The number of hydrogen-bond acceptors (Lipinski definition) is 2. The molecule has 0 aromatic carbocycles. The van der Waals surface area contributed by atoms with Gasteiger partial charge in [-0.05, 0) is 32.9 Å². The molecule has 1 fully saturated rings. The monoisotopic (exact) mass is 225 g/mol. The van der Waals surface area contributed by atoms with Gasteiger partial charge in [-0.25, -0.2) is 0 Å². The summed E-state index contributed by atoms with van der Waals surface area (Å²) in [6.45, 7) is 3.97. The Hall–Kier alpha value is -0.370. The maximum atomic E-state index is 12.0. The number of nitrogens with zero attached hydrogens (tertiary/aromatic N) is 1. The molecule has 0 heterocycles. The van der Waals surface area contributed by atoms with Gasteiger partial charge in [-0.1, -0.05) is 39.0 Å². The number of Topliss-reactive ketones (excluding diaryl/α,β-unsaturated/α-hetero) is 1. The molecule has 1 saturated carbocycles. The molecule has 16 heavy (non-hydrogen) atoms. The molecule has 0 atom stereocenters. The number of likely N-dealkylation sites (N-methyl/N-ethyl adjacent to an activating group) is 1. The summed E-state index contributed by atoms with van der Waals surface area (Å²) in [7, 11) is 2.08. The van der Waals surface area contributed by atoms with Crippen LogP contribution in [0.4, 0.5) is 0 Å². The SMILES string of the molecule is CCCCCN(C)CC(=O)C1CCCCC1. The van der Waals surface area contributed by atoms with E-state index in [-0.39, 0.29) is 0 Å². The normalized spacial score (nSPS) is 17.9. The van der Waals surface area contributed by atoms with E-state index in [0.29, 0.717) is 18.2 Å². The summed E-state index contributed by atoms with van der Waals surface area (Å²) in [5.74, 6) is 0.862. The molecule has 0 aromatic heterocycles. The third-order valence-corrected chi connectivity index (χ3v) is 3.63. The van der Waals surface area contributed by atoms with Crippen molar-refractivity contribution >= 4 is 5.78 Å². The standard InChI is InChI=1S/C14H27NO/c1-3-4-8-11-15(2)12-14(16)13-9-6-5-7-10-13/h13H,3-12H2,1-2H3. The second kappa shape index (κ2) is 7.83. The van der Waals surface area contributed by atoms with Gasteiger partial charge < -0.3 is 0 Å². The Bertz CT molecular complexity index is 197. The van der Waals surface area contributed by atoms with Crippen LogP contribution in [0, 0.1) is 5.92 Å². The quantitative estimate of drug-likeness (QED) is 0.620. The van der Waals surface area contributed by atoms with E-state index < -0.39 is 0 Å². The van der Waals surface area contributed by atoms with Crippen molar-refractivity contribution in [2.45, 2.75) is 58.3 Å². The third kappa shape index (κ3) is 5.11. The largest absolute Gasteiger partial charge is 0.299 e. The van der Waals surface area contributed by atoms with Crippen molar-refractivity contribution in [2.24, 2.45) is 5.92 Å². The first-order valence-corrected chi connectivity index (χ1v) is 6.95. The molecule has 1 aliphatic rings. The zero-order valence-electron chi connectivity index (χ0n) is 11.0. The van der Waals surface area contributed by atoms with Crippen LogP contribution in [-0.2, 0) is 4.79 Å². The highest BCUT2D eigenvalue weighted by Crippen LogP contribution is 2.24. The Kier molecular flexibility index (Phi) is 6.70. The lowest BCUT2D eigenvalue weighted by Gasteiger charge is -2.23. The molecule has 1 rings (SSSR count). The van der Waals surface area contributed by atoms with E-state index in [9.17, 15) is 4.79 Å². The van der Waals surface area contributed by atoms with Gasteiger partial charge in [-0.2, -0.15) is 0 Å². The maximum absolute atomic E-state index is 12.0. The average molecular weight is 225 g/mol. The Balaban J connectivity index is 2.16. The molecule has 94 valence electrons. The fourth-order valence-electron chi connectivity index (χ4n) is 2.53. The van der Waals surface area contributed by atoms with Gasteiger partial charge in [-0.15, -0.1) is 0 Å². The summed E-state index contributed by atoms with van der Waals surface area (Å²) in [4.78, 5) is 14.2. The van der Waals surface area contributed by atoms with E-state index in [4.69, 9.17) is 0 Å². The van der Waals surface area contributed by atoms with Crippen LogP contribution >= 0.6 is 0 Å². The fraction of sp³-hybridized carbons (Fsp3) is 0.929. The first-order chi connectivity index (χ1) is 7.74. The molecular weight excluding hydrogens is 198 g/mol. The minimum absolute atomic E-state index is 0.377. The maximum Gasteiger partial charge on any atom is 0.149 e. The molecule has 0 bridgehead atoms. The molecule has 0 aliphatic heterocycles. The summed E-state index contributed by atoms with van der Waals surface area (Å²) in [6, 6.07) is 0. The van der Waals surface area contributed by atoms with E-state index >= 15 is 0 Å². The smallest absolute Gasteiger partial charge is 0.149 e. The molecule has 2 nitrogen and oxygen atoms in total. The molecule has 1 aliphatic carbocycles. The van der Waals surface area contributed by atoms with E-state index in [1.54, 1.807) is 0 Å². The Morgan fingerprint density at radius 3 is 2.50 bits per heavy atom. The molecule has 0 unspecified atom stereocenters. The number of carbonyl (C=O) groups is 1. The minimum Gasteiger partial charge on any atom is -0.299 e. The predicted octanol–water partition coefficient (Wildman–Crippen LogP) is 3.26. The number of hydrogen-bond donors (Lipinski definition) is 0. The highest BCUT2D eigenvalue weighted by molar-refractivity contribution is 5.82. The lowest BCUT2D eigenvalue weighted by Crippen LogP contribution is -2.32. The fourth-order valence-corrected chi connectivity index (χ4v) is 2.53. The highest BCUT2D eigenvalue weighted by atomic mass is 16.1. The molecule has 0 saturated heterocycles. The lowest BCUT2D eigenvalue weighted by molar-refractivity contribution is -0.124. The van der Waals surface area contributed by atoms with Gasteiger partial charge in [0.25, 0.3) is 0 Å². The summed E-state index contributed by atoms with van der Waals surface area (Å²) in [5.41, 5.74) is 0. The van der Waals surface area contributed by atoms with Crippen molar-refractivity contribution in [3.8, 4) is 0 Å². The molecule has 0 radical (unpaired) electrons. The van der Waals surface area contributed by atoms with Crippen LogP contribution in [0.25, 0.3) is 0 Å². The number of carbonyl (C=O) groups excluding carboxylic acids is 1. The summed E-state index contributed by atoms with van der Waals surface area (Å²) in [5, 5.41) is 0. The topological polar surface area (TPSA) is 20.3 Å². The first kappa shape index (κ1) is 13.7. The number of ketones is 1. The van der Waals surface area contributed by atoms with E-state index in [0.717, 1.165) is 19.4 Å². The number of rotatable bonds is 7. The van der Waals surface area contributed by atoms with Crippen molar-refractivity contribution in [2.75, 3.05) is 20.1 Å². The van der Waals surface area contributed by atoms with Gasteiger partial charge in [0.2, 0.25) is 0 Å². The predicted molar refractivity (Wildman–Crippen MR) is 68.6 cm³/mol. The lowest BCUT2D eigenvalue weighted by atomic mass is 9.86. The van der Waals surface area contributed by atoms with Crippen LogP contribution in [0.2, 0.25) is 0 Å². The average Bonchev–Trinajstić information content (AvgIpc) is 2.30. The molecule has 0 spiro atoms. The Labute approximate surface area is 100 Å². The Morgan fingerprint density at radius 2 is 1.88 bits per heavy atom. The van der Waals surface area contributed by atoms with Gasteiger partial charge in [0.05, 0.1) is 6.54 Å². The van der Waals surface area contributed by atoms with Crippen LogP contribution in [0.1, 0.15) is 58.3 Å². The minimum atomic E-state index is 0.377. The van der Waals surface area contributed by atoms with E-state index in [1.165, 1.54) is 38.5 Å². The summed E-state index contributed by atoms with van der Waals surface area (Å²) in [6.07, 6.45) is 9.89. The van der Waals surface area contributed by atoms with Gasteiger partial charge in [-0.3, -0.25) is 9.69 Å². The van der Waals surface area contributed by atoms with Crippen LogP contribution in [0.15, 0.2) is 0 Å². The van der Waals surface area contributed by atoms with Crippen LogP contribution in [0.5, 0.6) is 0 Å². The highest BCUT2D eigenvalue weighted by Gasteiger charge is 2.21. The Morgan fingerprint density at radius 1 is 1.19 bits per heavy atom. The van der Waals surface area contributed by atoms with Crippen molar-refractivity contribution in [1.29, 1.82) is 0 Å². The summed E-state index contributed by atoms with van der Waals surface area (Å²) < 4.78 is 0. The van der Waals surface area contributed by atoms with Gasteiger partial charge in [0.1, 0.15) is 5.78 Å². The molecular formula is C14H27NO. The molecule has 0 N–H and O–H groups in total. The van der Waals surface area contributed by atoms with Gasteiger partial charge in [0, 0.05) is 5.92 Å². The second-order valence-electron chi connectivity index (χ2n) is 5.25. The zero-order valence-corrected chi connectivity index (χ0v) is 11.0. The molecule has 0 aromatic rings. The zero-order chi connectivity index (χ0) is 11.8. The van der Waals surface area contributed by atoms with Gasteiger partial charge >= 0.3 is 0 Å². The van der Waals surface area contributed by atoms with Crippen LogP contribution in [-0.4, -0.2) is 30.8 Å².